The Kier molecular flexibility index (Phi) is 7.52. The number of hydrogen-bond donors (Lipinski definition) is 1. The Balaban J connectivity index is 1.83. The Labute approximate surface area is 152 Å². The monoisotopic (exact) mass is 340 g/mol. The van der Waals surface area contributed by atoms with E-state index in [1.165, 1.54) is 31.2 Å². The molecule has 2 heteroatoms. The molecule has 136 valence electrons. The molecule has 1 atom stereocenters. The van der Waals surface area contributed by atoms with Crippen LogP contribution < -0.4 is 4.74 Å². The van der Waals surface area contributed by atoms with Crippen molar-refractivity contribution in [3.63, 3.8) is 0 Å². The minimum absolute atomic E-state index is 0.195. The van der Waals surface area contributed by atoms with Gasteiger partial charge in [0.05, 0.1) is 6.10 Å². The van der Waals surface area contributed by atoms with Crippen LogP contribution in [-0.2, 0) is 11.8 Å². The van der Waals surface area contributed by atoms with Crippen LogP contribution in [0.1, 0.15) is 57.6 Å². The number of aliphatic hydroxyl groups excluding tert-OH is 1. The topological polar surface area (TPSA) is 29.5 Å². The fourth-order valence-corrected chi connectivity index (χ4v) is 3.10. The van der Waals surface area contributed by atoms with Gasteiger partial charge in [-0.1, -0.05) is 82.5 Å². The van der Waals surface area contributed by atoms with Crippen LogP contribution in [0.5, 0.6) is 5.75 Å². The lowest BCUT2D eigenvalue weighted by Gasteiger charge is -2.25. The van der Waals surface area contributed by atoms with Crippen LogP contribution in [0.4, 0.5) is 0 Å². The molecule has 0 aliphatic carbocycles. The van der Waals surface area contributed by atoms with Crippen LogP contribution in [0.25, 0.3) is 0 Å². The average molecular weight is 341 g/mol. The van der Waals surface area contributed by atoms with Gasteiger partial charge in [-0.15, -0.1) is 0 Å². The summed E-state index contributed by atoms with van der Waals surface area (Å²) in [4.78, 5) is 0. The molecule has 0 saturated heterocycles. The molecule has 2 rings (SSSR count). The quantitative estimate of drug-likeness (QED) is 0.576. The van der Waals surface area contributed by atoms with Crippen molar-refractivity contribution in [3.05, 3.63) is 65.7 Å². The first-order valence-electron chi connectivity index (χ1n) is 9.46. The van der Waals surface area contributed by atoms with Gasteiger partial charge in [-0.25, -0.2) is 0 Å². The van der Waals surface area contributed by atoms with E-state index in [2.05, 4.69) is 32.9 Å². The minimum atomic E-state index is -0.493. The molecule has 2 nitrogen and oxygen atoms in total. The summed E-state index contributed by atoms with van der Waals surface area (Å²) in [5, 5.41) is 10.1. The Morgan fingerprint density at radius 2 is 1.64 bits per heavy atom. The molecular formula is C23H32O2. The second-order valence-corrected chi connectivity index (χ2v) is 7.52. The van der Waals surface area contributed by atoms with Gasteiger partial charge in [0.1, 0.15) is 12.4 Å². The molecule has 2 aromatic rings. The zero-order valence-corrected chi connectivity index (χ0v) is 15.9. The van der Waals surface area contributed by atoms with E-state index in [0.717, 1.165) is 11.3 Å². The summed E-state index contributed by atoms with van der Waals surface area (Å²) in [5.41, 5.74) is 2.67. The van der Waals surface area contributed by atoms with Crippen LogP contribution in [0, 0.1) is 0 Å². The van der Waals surface area contributed by atoms with Gasteiger partial charge >= 0.3 is 0 Å². The molecule has 25 heavy (non-hydrogen) atoms. The smallest absolute Gasteiger partial charge is 0.119 e. The first-order chi connectivity index (χ1) is 12.0. The molecule has 0 heterocycles. The molecular weight excluding hydrogens is 308 g/mol. The van der Waals surface area contributed by atoms with Gasteiger partial charge in [0.15, 0.2) is 0 Å². The highest BCUT2D eigenvalue weighted by atomic mass is 16.5. The van der Waals surface area contributed by atoms with Gasteiger partial charge in [-0.3, -0.25) is 0 Å². The van der Waals surface area contributed by atoms with E-state index in [9.17, 15) is 5.11 Å². The van der Waals surface area contributed by atoms with Crippen LogP contribution in [0.15, 0.2) is 54.6 Å². The molecule has 0 aliphatic heterocycles. The van der Waals surface area contributed by atoms with Crippen LogP contribution in [0.2, 0.25) is 0 Å². The maximum absolute atomic E-state index is 10.1. The molecule has 0 amide bonds. The highest BCUT2D eigenvalue weighted by Gasteiger charge is 2.19. The van der Waals surface area contributed by atoms with E-state index in [1.54, 1.807) is 0 Å². The van der Waals surface area contributed by atoms with Gasteiger partial charge in [0.2, 0.25) is 0 Å². The summed E-state index contributed by atoms with van der Waals surface area (Å²) < 4.78 is 5.76. The zero-order valence-electron chi connectivity index (χ0n) is 15.9. The van der Waals surface area contributed by atoms with Crippen molar-refractivity contribution in [2.24, 2.45) is 0 Å². The molecule has 0 aromatic heterocycles. The maximum Gasteiger partial charge on any atom is 0.119 e. The third-order valence-electron chi connectivity index (χ3n) is 4.80. The summed E-state index contributed by atoms with van der Waals surface area (Å²) in [6.45, 7) is 7.17. The molecule has 0 spiro atoms. The van der Waals surface area contributed by atoms with Gasteiger partial charge in [0.25, 0.3) is 0 Å². The van der Waals surface area contributed by atoms with E-state index in [4.69, 9.17) is 4.74 Å². The fraction of sp³-hybridized carbons (Fsp3) is 0.478. The van der Waals surface area contributed by atoms with Crippen molar-refractivity contribution in [3.8, 4) is 5.75 Å². The van der Waals surface area contributed by atoms with Gasteiger partial charge in [-0.2, -0.15) is 0 Å². The second kappa shape index (κ2) is 9.62. The van der Waals surface area contributed by atoms with Crippen molar-refractivity contribution in [1.82, 2.24) is 0 Å². The summed E-state index contributed by atoms with van der Waals surface area (Å²) in [6.07, 6.45) is 5.15. The normalized spacial score (nSPS) is 12.8. The van der Waals surface area contributed by atoms with E-state index in [-0.39, 0.29) is 5.41 Å². The second-order valence-electron chi connectivity index (χ2n) is 7.52. The largest absolute Gasteiger partial charge is 0.491 e. The molecule has 0 fully saturated rings. The summed E-state index contributed by atoms with van der Waals surface area (Å²) in [5.74, 6) is 0.820. The SMILES string of the molecule is CCCCCC(C)(C)c1ccc(OCC(O)Cc2ccccc2)cc1. The third-order valence-corrected chi connectivity index (χ3v) is 4.80. The fourth-order valence-electron chi connectivity index (χ4n) is 3.10. The van der Waals surface area contributed by atoms with E-state index in [1.807, 2.05) is 42.5 Å². The van der Waals surface area contributed by atoms with E-state index < -0.39 is 6.10 Å². The van der Waals surface area contributed by atoms with Gasteiger partial charge in [0, 0.05) is 6.42 Å². The summed E-state index contributed by atoms with van der Waals surface area (Å²) in [6, 6.07) is 18.4. The molecule has 1 unspecified atom stereocenters. The lowest BCUT2D eigenvalue weighted by atomic mass is 9.80. The zero-order chi connectivity index (χ0) is 18.1. The molecule has 0 aliphatic rings. The number of benzene rings is 2. The average Bonchev–Trinajstić information content (AvgIpc) is 2.61. The van der Waals surface area contributed by atoms with Crippen molar-refractivity contribution in [2.45, 2.75) is 64.4 Å². The summed E-state index contributed by atoms with van der Waals surface area (Å²) in [7, 11) is 0. The van der Waals surface area contributed by atoms with Crippen molar-refractivity contribution >= 4 is 0 Å². The number of unbranched alkanes of at least 4 members (excludes halogenated alkanes) is 2. The van der Waals surface area contributed by atoms with Gasteiger partial charge < -0.3 is 9.84 Å². The summed E-state index contributed by atoms with van der Waals surface area (Å²) >= 11 is 0. The standard InChI is InChI=1S/C23H32O2/c1-4-5-9-16-23(2,3)20-12-14-22(15-13-20)25-18-21(24)17-19-10-7-6-8-11-19/h6-8,10-15,21,24H,4-5,9,16-18H2,1-3H3. The molecule has 1 N–H and O–H groups in total. The number of rotatable bonds is 10. The Morgan fingerprint density at radius 1 is 0.960 bits per heavy atom. The first kappa shape index (κ1) is 19.5. The Hall–Kier alpha value is -1.80. The Morgan fingerprint density at radius 3 is 2.28 bits per heavy atom. The first-order valence-corrected chi connectivity index (χ1v) is 9.46. The molecule has 0 saturated carbocycles. The van der Waals surface area contributed by atoms with Crippen molar-refractivity contribution < 1.29 is 9.84 Å². The molecule has 0 bridgehead atoms. The van der Waals surface area contributed by atoms with Crippen LogP contribution in [0.3, 0.4) is 0 Å². The predicted molar refractivity (Wildman–Crippen MR) is 105 cm³/mol. The van der Waals surface area contributed by atoms with E-state index >= 15 is 0 Å². The minimum Gasteiger partial charge on any atom is -0.491 e. The predicted octanol–water partition coefficient (Wildman–Crippen LogP) is 5.53. The molecule has 0 radical (unpaired) electrons. The van der Waals surface area contributed by atoms with Crippen molar-refractivity contribution in [1.29, 1.82) is 0 Å². The highest BCUT2D eigenvalue weighted by Crippen LogP contribution is 2.30. The van der Waals surface area contributed by atoms with Crippen molar-refractivity contribution in [2.75, 3.05) is 6.61 Å². The Bertz CT molecular complexity index is 602. The van der Waals surface area contributed by atoms with Gasteiger partial charge in [-0.05, 0) is 35.1 Å². The maximum atomic E-state index is 10.1. The third kappa shape index (κ3) is 6.55. The number of aliphatic hydroxyl groups is 1. The van der Waals surface area contributed by atoms with Crippen LogP contribution >= 0.6 is 0 Å². The van der Waals surface area contributed by atoms with E-state index in [0.29, 0.717) is 13.0 Å². The highest BCUT2D eigenvalue weighted by molar-refractivity contribution is 5.31. The molecule has 2 aromatic carbocycles. The lowest BCUT2D eigenvalue weighted by molar-refractivity contribution is 0.108. The number of hydrogen-bond acceptors (Lipinski definition) is 2. The number of ether oxygens (including phenoxy) is 1. The van der Waals surface area contributed by atoms with Crippen LogP contribution in [-0.4, -0.2) is 17.8 Å². The lowest BCUT2D eigenvalue weighted by Crippen LogP contribution is -2.20.